The predicted molar refractivity (Wildman–Crippen MR) is 118 cm³/mol. The molecule has 170 valence electrons. The van der Waals surface area contributed by atoms with Crippen LogP contribution in [0.15, 0.2) is 58.5 Å². The van der Waals surface area contributed by atoms with E-state index in [4.69, 9.17) is 4.74 Å². The van der Waals surface area contributed by atoms with Crippen LogP contribution in [0.1, 0.15) is 25.5 Å². The number of methoxy groups -OCH3 is 1. The zero-order valence-electron chi connectivity index (χ0n) is 17.6. The lowest BCUT2D eigenvalue weighted by molar-refractivity contribution is -0.137. The molecule has 0 spiro atoms. The van der Waals surface area contributed by atoms with E-state index < -0.39 is 22.9 Å². The molecule has 0 aliphatic rings. The molecule has 0 saturated heterocycles. The number of fused-ring (bicyclic) bond motifs is 1. The van der Waals surface area contributed by atoms with Crippen molar-refractivity contribution in [3.63, 3.8) is 0 Å². The van der Waals surface area contributed by atoms with E-state index in [9.17, 15) is 22.8 Å². The number of rotatable bonds is 7. The molecule has 32 heavy (non-hydrogen) atoms. The van der Waals surface area contributed by atoms with Gasteiger partial charge < -0.3 is 10.1 Å². The van der Waals surface area contributed by atoms with Crippen LogP contribution in [0.5, 0.6) is 0 Å². The van der Waals surface area contributed by atoms with Gasteiger partial charge in [0.05, 0.1) is 34.4 Å². The summed E-state index contributed by atoms with van der Waals surface area (Å²) in [6.45, 7) is 3.73. The largest absolute Gasteiger partial charge is 0.416 e. The number of nitrogens with one attached hydrogen (secondary N) is 1. The Morgan fingerprint density at radius 2 is 1.81 bits per heavy atom. The number of thioether (sulfide) groups is 1. The summed E-state index contributed by atoms with van der Waals surface area (Å²) in [6.07, 6.45) is -4.45. The first kappa shape index (κ1) is 23.8. The normalized spacial score (nSPS) is 13.7. The minimum absolute atomic E-state index is 0.238. The zero-order valence-corrected chi connectivity index (χ0v) is 18.5. The van der Waals surface area contributed by atoms with Crippen molar-refractivity contribution in [1.29, 1.82) is 0 Å². The Labute approximate surface area is 186 Å². The van der Waals surface area contributed by atoms with Crippen LogP contribution in [0.25, 0.3) is 10.9 Å². The van der Waals surface area contributed by atoms with Crippen LogP contribution in [0.2, 0.25) is 0 Å². The summed E-state index contributed by atoms with van der Waals surface area (Å²) in [5.74, 6) is -0.428. The second-order valence-electron chi connectivity index (χ2n) is 7.22. The highest BCUT2D eigenvalue weighted by molar-refractivity contribution is 8.00. The van der Waals surface area contributed by atoms with E-state index in [0.717, 1.165) is 23.9 Å². The molecule has 10 heteroatoms. The first-order chi connectivity index (χ1) is 15.1. The van der Waals surface area contributed by atoms with E-state index in [1.165, 1.54) is 23.8 Å². The standard InChI is InChI=1S/C22H22F3N3O3S/c1-13(12-31-3)28-20(30)17-6-4-5-7-18(17)27-21(28)32-14(2)19(29)26-16-10-8-15(9-11-16)22(23,24)25/h4-11,13-14H,12H2,1-3H3,(H,26,29)/t13-,14-/m1/s1. The van der Waals surface area contributed by atoms with Gasteiger partial charge in [-0.1, -0.05) is 23.9 Å². The lowest BCUT2D eigenvalue weighted by atomic mass is 10.2. The quantitative estimate of drug-likeness (QED) is 0.403. The minimum Gasteiger partial charge on any atom is -0.383 e. The van der Waals surface area contributed by atoms with E-state index in [2.05, 4.69) is 10.3 Å². The Morgan fingerprint density at radius 3 is 2.44 bits per heavy atom. The fraction of sp³-hybridized carbons (Fsp3) is 0.318. The maximum absolute atomic E-state index is 13.1. The number of ether oxygens (including phenoxy) is 1. The van der Waals surface area contributed by atoms with Crippen LogP contribution in [0.3, 0.4) is 0 Å². The molecule has 1 amide bonds. The highest BCUT2D eigenvalue weighted by atomic mass is 32.2. The first-order valence-electron chi connectivity index (χ1n) is 9.76. The summed E-state index contributed by atoms with van der Waals surface area (Å²) in [4.78, 5) is 30.3. The molecule has 2 atom stereocenters. The number of nitrogens with zero attached hydrogens (tertiary/aromatic N) is 2. The average Bonchev–Trinajstić information content (AvgIpc) is 2.73. The van der Waals surface area contributed by atoms with E-state index in [1.54, 1.807) is 31.2 Å². The van der Waals surface area contributed by atoms with Crippen molar-refractivity contribution in [3.05, 3.63) is 64.4 Å². The number of halogens is 3. The SMILES string of the molecule is COC[C@@H](C)n1c(S[C@H](C)C(=O)Nc2ccc(C(F)(F)F)cc2)nc2ccccc2c1=O. The summed E-state index contributed by atoms with van der Waals surface area (Å²) in [5.41, 5.74) is -0.282. The van der Waals surface area contributed by atoms with Crippen LogP contribution < -0.4 is 10.9 Å². The summed E-state index contributed by atoms with van der Waals surface area (Å²) < 4.78 is 44.8. The van der Waals surface area contributed by atoms with E-state index >= 15 is 0 Å². The molecular formula is C22H22F3N3O3S. The smallest absolute Gasteiger partial charge is 0.383 e. The fourth-order valence-electron chi connectivity index (χ4n) is 3.11. The number of hydrogen-bond acceptors (Lipinski definition) is 5. The molecule has 0 fully saturated rings. The van der Waals surface area contributed by atoms with Gasteiger partial charge in [0, 0.05) is 12.8 Å². The third-order valence-electron chi connectivity index (χ3n) is 4.76. The van der Waals surface area contributed by atoms with Crippen molar-refractivity contribution in [1.82, 2.24) is 9.55 Å². The van der Waals surface area contributed by atoms with Gasteiger partial charge in [0.25, 0.3) is 5.56 Å². The van der Waals surface area contributed by atoms with Gasteiger partial charge in [-0.3, -0.25) is 14.2 Å². The van der Waals surface area contributed by atoms with Crippen molar-refractivity contribution >= 4 is 34.3 Å². The minimum atomic E-state index is -4.45. The Bertz CT molecular complexity index is 1160. The number of benzene rings is 2. The molecule has 0 bridgehead atoms. The topological polar surface area (TPSA) is 73.2 Å². The lowest BCUT2D eigenvalue weighted by Crippen LogP contribution is -2.30. The van der Waals surface area contributed by atoms with Crippen LogP contribution >= 0.6 is 11.8 Å². The van der Waals surface area contributed by atoms with Gasteiger partial charge in [-0.2, -0.15) is 13.2 Å². The van der Waals surface area contributed by atoms with Gasteiger partial charge in [-0.25, -0.2) is 4.98 Å². The van der Waals surface area contributed by atoms with Crippen LogP contribution in [0, 0.1) is 0 Å². The Kier molecular flexibility index (Phi) is 7.25. The number of para-hydroxylation sites is 1. The highest BCUT2D eigenvalue weighted by Gasteiger charge is 2.30. The number of amides is 1. The molecule has 6 nitrogen and oxygen atoms in total. The van der Waals surface area contributed by atoms with Crippen LogP contribution in [-0.4, -0.2) is 34.4 Å². The predicted octanol–water partition coefficient (Wildman–Crippen LogP) is 4.74. The third kappa shape index (κ3) is 5.31. The molecule has 0 aliphatic carbocycles. The third-order valence-corrected chi connectivity index (χ3v) is 5.82. The van der Waals surface area contributed by atoms with Gasteiger partial charge in [-0.15, -0.1) is 0 Å². The number of carbonyl (C=O) groups is 1. The Hall–Kier alpha value is -2.85. The van der Waals surface area contributed by atoms with E-state index in [0.29, 0.717) is 16.1 Å². The van der Waals surface area contributed by atoms with Crippen molar-refractivity contribution in [2.75, 3.05) is 19.0 Å². The maximum Gasteiger partial charge on any atom is 0.416 e. The molecule has 0 aliphatic heterocycles. The van der Waals surface area contributed by atoms with Gasteiger partial charge >= 0.3 is 6.18 Å². The number of hydrogen-bond donors (Lipinski definition) is 1. The van der Waals surface area contributed by atoms with Crippen LogP contribution in [-0.2, 0) is 15.7 Å². The fourth-order valence-corrected chi connectivity index (χ4v) is 4.12. The monoisotopic (exact) mass is 465 g/mol. The highest BCUT2D eigenvalue weighted by Crippen LogP contribution is 2.30. The molecule has 3 aromatic rings. The van der Waals surface area contributed by atoms with Crippen molar-refractivity contribution in [3.8, 4) is 0 Å². The molecule has 0 radical (unpaired) electrons. The van der Waals surface area contributed by atoms with Gasteiger partial charge in [0.15, 0.2) is 5.16 Å². The molecular weight excluding hydrogens is 443 g/mol. The first-order valence-corrected chi connectivity index (χ1v) is 10.6. The van der Waals surface area contributed by atoms with Crippen LogP contribution in [0.4, 0.5) is 18.9 Å². The lowest BCUT2D eigenvalue weighted by Gasteiger charge is -2.20. The summed E-state index contributed by atoms with van der Waals surface area (Å²) in [5, 5.41) is 2.74. The van der Waals surface area contributed by atoms with Crippen molar-refractivity contribution < 1.29 is 22.7 Å². The Morgan fingerprint density at radius 1 is 1.16 bits per heavy atom. The summed E-state index contributed by atoms with van der Waals surface area (Å²) in [6, 6.07) is 10.8. The number of carbonyl (C=O) groups excluding carboxylic acids is 1. The van der Waals surface area contributed by atoms with Crippen molar-refractivity contribution in [2.45, 2.75) is 36.5 Å². The summed E-state index contributed by atoms with van der Waals surface area (Å²) >= 11 is 1.09. The molecule has 1 heterocycles. The van der Waals surface area contributed by atoms with E-state index in [1.807, 2.05) is 6.92 Å². The van der Waals surface area contributed by atoms with Gasteiger partial charge in [0.1, 0.15) is 0 Å². The molecule has 0 saturated carbocycles. The van der Waals surface area contributed by atoms with Gasteiger partial charge in [-0.05, 0) is 50.2 Å². The molecule has 1 aromatic heterocycles. The average molecular weight is 465 g/mol. The molecule has 3 rings (SSSR count). The van der Waals surface area contributed by atoms with Gasteiger partial charge in [0.2, 0.25) is 5.91 Å². The number of aromatic nitrogens is 2. The zero-order chi connectivity index (χ0) is 23.5. The maximum atomic E-state index is 13.1. The van der Waals surface area contributed by atoms with E-state index in [-0.39, 0.29) is 23.9 Å². The molecule has 0 unspecified atom stereocenters. The molecule has 1 N–H and O–H groups in total. The van der Waals surface area contributed by atoms with Crippen molar-refractivity contribution in [2.24, 2.45) is 0 Å². The second kappa shape index (κ2) is 9.74. The summed E-state index contributed by atoms with van der Waals surface area (Å²) in [7, 11) is 1.53. The number of alkyl halides is 3. The second-order valence-corrected chi connectivity index (χ2v) is 8.52. The number of anilines is 1. The molecule has 2 aromatic carbocycles. The Balaban J connectivity index is 1.85.